The van der Waals surface area contributed by atoms with Gasteiger partial charge < -0.3 is 20.3 Å². The summed E-state index contributed by atoms with van der Waals surface area (Å²) in [7, 11) is 2.10. The molecule has 1 aliphatic carbocycles. The second-order valence-corrected chi connectivity index (χ2v) is 5.58. The van der Waals surface area contributed by atoms with Gasteiger partial charge in [-0.3, -0.25) is 4.79 Å². The first-order valence-electron chi connectivity index (χ1n) is 6.95. The fourth-order valence-corrected chi connectivity index (χ4v) is 2.36. The second kappa shape index (κ2) is 6.50. The molecule has 0 aromatic heterocycles. The molecule has 0 aromatic rings. The Hall–Kier alpha value is -0.650. The van der Waals surface area contributed by atoms with E-state index in [1.54, 1.807) is 0 Å². The van der Waals surface area contributed by atoms with E-state index in [1.807, 2.05) is 0 Å². The molecule has 1 saturated carbocycles. The van der Waals surface area contributed by atoms with Crippen LogP contribution in [-0.2, 0) is 9.53 Å². The third-order valence-electron chi connectivity index (χ3n) is 3.72. The van der Waals surface area contributed by atoms with Gasteiger partial charge in [-0.25, -0.2) is 0 Å². The van der Waals surface area contributed by atoms with E-state index in [1.165, 1.54) is 12.8 Å². The van der Waals surface area contributed by atoms with Crippen molar-refractivity contribution in [3.8, 4) is 0 Å². The van der Waals surface area contributed by atoms with Gasteiger partial charge in [0.15, 0.2) is 0 Å². The fraction of sp³-hybridized carbons (Fsp3) is 0.923. The van der Waals surface area contributed by atoms with Gasteiger partial charge in [-0.05, 0) is 32.7 Å². The monoisotopic (exact) mass is 255 g/mol. The van der Waals surface area contributed by atoms with Crippen molar-refractivity contribution in [2.75, 3.05) is 39.8 Å². The molecular formula is C13H25N3O2. The number of carbonyl (C=O) groups is 1. The van der Waals surface area contributed by atoms with Crippen LogP contribution < -0.4 is 10.6 Å². The van der Waals surface area contributed by atoms with Crippen molar-refractivity contribution in [3.05, 3.63) is 0 Å². The zero-order valence-electron chi connectivity index (χ0n) is 11.4. The Bertz CT molecular complexity index is 281. The summed E-state index contributed by atoms with van der Waals surface area (Å²) in [6, 6.07) is 0.330. The van der Waals surface area contributed by atoms with E-state index >= 15 is 0 Å². The van der Waals surface area contributed by atoms with Crippen LogP contribution in [0.5, 0.6) is 0 Å². The highest BCUT2D eigenvalue weighted by Gasteiger charge is 2.28. The van der Waals surface area contributed by atoms with Crippen LogP contribution in [0, 0.1) is 5.92 Å². The minimum absolute atomic E-state index is 0.0959. The molecular weight excluding hydrogens is 230 g/mol. The van der Waals surface area contributed by atoms with Crippen LogP contribution in [0.2, 0.25) is 0 Å². The summed E-state index contributed by atoms with van der Waals surface area (Å²) >= 11 is 0. The first kappa shape index (κ1) is 13.8. The van der Waals surface area contributed by atoms with Gasteiger partial charge in [0.25, 0.3) is 0 Å². The molecule has 5 heteroatoms. The fourth-order valence-electron chi connectivity index (χ4n) is 2.36. The molecule has 1 heterocycles. The van der Waals surface area contributed by atoms with E-state index < -0.39 is 0 Å². The van der Waals surface area contributed by atoms with Gasteiger partial charge in [0.2, 0.25) is 5.91 Å². The Morgan fingerprint density at radius 3 is 2.94 bits per heavy atom. The zero-order chi connectivity index (χ0) is 13.0. The molecule has 2 fully saturated rings. The summed E-state index contributed by atoms with van der Waals surface area (Å²) in [6.07, 6.45) is 2.73. The summed E-state index contributed by atoms with van der Waals surface area (Å²) in [5.74, 6) is 0.808. The van der Waals surface area contributed by atoms with Crippen molar-refractivity contribution >= 4 is 5.91 Å². The highest BCUT2D eigenvalue weighted by Crippen LogP contribution is 2.32. The molecule has 2 aliphatic rings. The third-order valence-corrected chi connectivity index (χ3v) is 3.72. The molecule has 5 nitrogen and oxygen atoms in total. The highest BCUT2D eigenvalue weighted by atomic mass is 16.5. The smallest absolute Gasteiger partial charge is 0.234 e. The highest BCUT2D eigenvalue weighted by molar-refractivity contribution is 5.78. The number of ether oxygens (including phenoxy) is 1. The maximum absolute atomic E-state index is 11.7. The standard InChI is InChI=1S/C13H25N3O2/c1-10(11-3-4-11)15-13(17)8-14-7-12-9-16(2)5-6-18-12/h10-12,14H,3-9H2,1-2H3,(H,15,17)/t10-,12+/m1/s1. The quantitative estimate of drug-likeness (QED) is 0.691. The Balaban J connectivity index is 1.55. The molecule has 0 aromatic carbocycles. The maximum atomic E-state index is 11.7. The number of hydrogen-bond acceptors (Lipinski definition) is 4. The van der Waals surface area contributed by atoms with Gasteiger partial charge in [0, 0.05) is 25.7 Å². The first-order chi connectivity index (χ1) is 8.65. The van der Waals surface area contributed by atoms with E-state index in [-0.39, 0.29) is 12.0 Å². The number of likely N-dealkylation sites (N-methyl/N-ethyl adjacent to an activating group) is 1. The van der Waals surface area contributed by atoms with Gasteiger partial charge in [-0.2, -0.15) is 0 Å². The Morgan fingerprint density at radius 2 is 2.28 bits per heavy atom. The van der Waals surface area contributed by atoms with Crippen LogP contribution in [0.1, 0.15) is 19.8 Å². The van der Waals surface area contributed by atoms with Gasteiger partial charge in [0.1, 0.15) is 0 Å². The predicted octanol–water partition coefficient (Wildman–Crippen LogP) is -0.179. The SMILES string of the molecule is C[C@@H](NC(=O)CNC[C@H]1CN(C)CCO1)C1CC1. The summed E-state index contributed by atoms with van der Waals surface area (Å²) in [5.41, 5.74) is 0. The van der Waals surface area contributed by atoms with Crippen LogP contribution in [0.25, 0.3) is 0 Å². The summed E-state index contributed by atoms with van der Waals surface area (Å²) in [6.45, 7) is 5.95. The molecule has 1 amide bonds. The van der Waals surface area contributed by atoms with Gasteiger partial charge in [0.05, 0.1) is 19.3 Å². The van der Waals surface area contributed by atoms with Crippen molar-refractivity contribution in [2.24, 2.45) is 5.92 Å². The molecule has 0 spiro atoms. The molecule has 2 rings (SSSR count). The number of amides is 1. The molecule has 0 unspecified atom stereocenters. The minimum Gasteiger partial charge on any atom is -0.374 e. The molecule has 1 aliphatic heterocycles. The molecule has 2 N–H and O–H groups in total. The van der Waals surface area contributed by atoms with Crippen LogP contribution in [-0.4, -0.2) is 62.8 Å². The first-order valence-corrected chi connectivity index (χ1v) is 6.95. The lowest BCUT2D eigenvalue weighted by Crippen LogP contribution is -2.47. The molecule has 0 radical (unpaired) electrons. The van der Waals surface area contributed by atoms with Crippen LogP contribution in [0.4, 0.5) is 0 Å². The number of hydrogen-bond donors (Lipinski definition) is 2. The number of morpholine rings is 1. The van der Waals surface area contributed by atoms with Crippen molar-refractivity contribution in [1.29, 1.82) is 0 Å². The van der Waals surface area contributed by atoms with Crippen LogP contribution in [0.15, 0.2) is 0 Å². The Morgan fingerprint density at radius 1 is 1.50 bits per heavy atom. The van der Waals surface area contributed by atoms with Crippen molar-refractivity contribution in [1.82, 2.24) is 15.5 Å². The maximum Gasteiger partial charge on any atom is 0.234 e. The van der Waals surface area contributed by atoms with E-state index in [9.17, 15) is 4.79 Å². The summed E-state index contributed by atoms with van der Waals surface area (Å²) in [5, 5.41) is 6.21. The zero-order valence-corrected chi connectivity index (χ0v) is 11.4. The Kier molecular flexibility index (Phi) is 4.97. The molecule has 0 bridgehead atoms. The van der Waals surface area contributed by atoms with Gasteiger partial charge in [-0.15, -0.1) is 0 Å². The minimum atomic E-state index is 0.0959. The van der Waals surface area contributed by atoms with Crippen LogP contribution >= 0.6 is 0 Å². The topological polar surface area (TPSA) is 53.6 Å². The van der Waals surface area contributed by atoms with Gasteiger partial charge >= 0.3 is 0 Å². The largest absolute Gasteiger partial charge is 0.374 e. The lowest BCUT2D eigenvalue weighted by Gasteiger charge is -2.30. The predicted molar refractivity (Wildman–Crippen MR) is 70.4 cm³/mol. The number of rotatable bonds is 6. The molecule has 1 saturated heterocycles. The lowest BCUT2D eigenvalue weighted by molar-refractivity contribution is -0.121. The summed E-state index contributed by atoms with van der Waals surface area (Å²) in [4.78, 5) is 13.9. The van der Waals surface area contributed by atoms with Crippen molar-refractivity contribution in [2.45, 2.75) is 31.9 Å². The van der Waals surface area contributed by atoms with Crippen LogP contribution in [0.3, 0.4) is 0 Å². The van der Waals surface area contributed by atoms with Crippen molar-refractivity contribution in [3.63, 3.8) is 0 Å². The average Bonchev–Trinajstić information content (AvgIpc) is 3.12. The van der Waals surface area contributed by atoms with Crippen molar-refractivity contribution < 1.29 is 9.53 Å². The third kappa shape index (κ3) is 4.55. The summed E-state index contributed by atoms with van der Waals surface area (Å²) < 4.78 is 5.62. The molecule has 18 heavy (non-hydrogen) atoms. The lowest BCUT2D eigenvalue weighted by atomic mass is 10.2. The molecule has 2 atom stereocenters. The second-order valence-electron chi connectivity index (χ2n) is 5.58. The number of nitrogens with zero attached hydrogens (tertiary/aromatic N) is 1. The Labute approximate surface area is 109 Å². The number of carbonyl (C=O) groups excluding carboxylic acids is 1. The number of nitrogens with one attached hydrogen (secondary N) is 2. The normalized spacial score (nSPS) is 26.9. The average molecular weight is 255 g/mol. The van der Waals surface area contributed by atoms with E-state index in [0.29, 0.717) is 18.5 Å². The van der Waals surface area contributed by atoms with E-state index in [2.05, 4.69) is 29.5 Å². The van der Waals surface area contributed by atoms with E-state index in [0.717, 1.165) is 26.2 Å². The van der Waals surface area contributed by atoms with Gasteiger partial charge in [-0.1, -0.05) is 0 Å². The molecule has 104 valence electrons. The van der Waals surface area contributed by atoms with E-state index in [4.69, 9.17) is 4.74 Å².